The Morgan fingerprint density at radius 1 is 0.387 bits per heavy atom. The van der Waals surface area contributed by atoms with Gasteiger partial charge in [-0.05, 0) is 24.1 Å². The predicted molar refractivity (Wildman–Crippen MR) is 149 cm³/mol. The van der Waals surface area contributed by atoms with Gasteiger partial charge in [-0.3, -0.25) is 0 Å². The topological polar surface area (TPSA) is 0 Å². The zero-order valence-electron chi connectivity index (χ0n) is 21.9. The predicted octanol–water partition coefficient (Wildman–Crippen LogP) is 11.8. The molecule has 0 heterocycles. The summed E-state index contributed by atoms with van der Waals surface area (Å²) in [6.07, 6.45) is 37.3. The summed E-state index contributed by atoms with van der Waals surface area (Å²) in [5.41, 5.74) is 0. The second kappa shape index (κ2) is 28.1. The van der Waals surface area contributed by atoms with Crippen molar-refractivity contribution in [3.63, 3.8) is 0 Å². The number of rotatable bonds is 27. The zero-order valence-corrected chi connectivity index (χ0v) is 22.8. The lowest BCUT2D eigenvalue weighted by atomic mass is 9.95. The van der Waals surface area contributed by atoms with Gasteiger partial charge in [0, 0.05) is 0 Å². The number of unbranched alkanes of at least 4 members (excludes halogenated alkanes) is 22. The molecule has 0 unspecified atom stereocenters. The van der Waals surface area contributed by atoms with Crippen molar-refractivity contribution in [1.29, 1.82) is 0 Å². The normalized spacial score (nSPS) is 11.5. The molecule has 0 aliphatic rings. The van der Waals surface area contributed by atoms with E-state index in [-0.39, 0.29) is 0 Å². The van der Waals surface area contributed by atoms with E-state index in [9.17, 15) is 0 Å². The van der Waals surface area contributed by atoms with Crippen molar-refractivity contribution in [2.75, 3.05) is 0 Å². The van der Waals surface area contributed by atoms with Crippen LogP contribution in [0.4, 0.5) is 0 Å². The van der Waals surface area contributed by atoms with Crippen molar-refractivity contribution < 1.29 is 0 Å². The maximum absolute atomic E-state index is 5.32. The second-order valence-corrected chi connectivity index (χ2v) is 10.5. The van der Waals surface area contributed by atoms with Crippen LogP contribution in [0.1, 0.15) is 181 Å². The highest BCUT2D eigenvalue weighted by molar-refractivity contribution is 7.79. The molecule has 0 aliphatic carbocycles. The molecule has 0 radical (unpaired) electrons. The van der Waals surface area contributed by atoms with Crippen LogP contribution in [0.3, 0.4) is 0 Å². The van der Waals surface area contributed by atoms with Crippen molar-refractivity contribution in [3.05, 3.63) is 0 Å². The second-order valence-electron chi connectivity index (χ2n) is 10.3. The highest BCUT2D eigenvalue weighted by Crippen LogP contribution is 2.19. The van der Waals surface area contributed by atoms with Crippen molar-refractivity contribution in [2.45, 2.75) is 181 Å². The lowest BCUT2D eigenvalue weighted by molar-refractivity contribution is 0.484. The van der Waals surface area contributed by atoms with E-state index >= 15 is 0 Å². The van der Waals surface area contributed by atoms with Gasteiger partial charge in [0.2, 0.25) is 0 Å². The van der Waals surface area contributed by atoms with Gasteiger partial charge in [-0.25, -0.2) is 0 Å². The molecule has 31 heavy (non-hydrogen) atoms. The van der Waals surface area contributed by atoms with Crippen molar-refractivity contribution in [2.24, 2.45) is 5.92 Å². The largest absolute Gasteiger partial charge is 0.0932 e. The van der Waals surface area contributed by atoms with Gasteiger partial charge in [0.1, 0.15) is 0 Å². The summed E-state index contributed by atoms with van der Waals surface area (Å²) in [5, 5.41) is 2.08. The molecular formula is C30H60S. The highest BCUT2D eigenvalue weighted by Gasteiger charge is 2.05. The fourth-order valence-corrected chi connectivity index (χ4v) is 5.05. The SMILES string of the molecule is CCCCCCCCCCCCCCC(C=S)CCCCCCCCCCCCCC. The molecule has 0 fully saturated rings. The van der Waals surface area contributed by atoms with E-state index < -0.39 is 0 Å². The molecule has 0 saturated carbocycles. The molecule has 0 aromatic heterocycles. The van der Waals surface area contributed by atoms with Crippen LogP contribution < -0.4 is 0 Å². The first kappa shape index (κ1) is 31.1. The standard InChI is InChI=1S/C30H60S/c1-3-5-7-9-11-13-15-17-19-21-23-25-27-30(29-31)28-26-24-22-20-18-16-14-12-10-8-6-4-2/h29-30H,3-28H2,1-2H3. The van der Waals surface area contributed by atoms with Crippen LogP contribution in [0, 0.1) is 5.92 Å². The summed E-state index contributed by atoms with van der Waals surface area (Å²) in [4.78, 5) is 0. The van der Waals surface area contributed by atoms with Gasteiger partial charge in [0.25, 0.3) is 0 Å². The maximum Gasteiger partial charge on any atom is -0.0128 e. The van der Waals surface area contributed by atoms with E-state index in [1.165, 1.54) is 167 Å². The zero-order chi connectivity index (χ0) is 22.7. The van der Waals surface area contributed by atoms with Gasteiger partial charge in [-0.1, -0.05) is 180 Å². The third-order valence-corrected chi connectivity index (χ3v) is 7.43. The molecule has 0 spiro atoms. The summed E-state index contributed by atoms with van der Waals surface area (Å²) >= 11 is 5.32. The average molecular weight is 453 g/mol. The Kier molecular flexibility index (Phi) is 28.2. The van der Waals surface area contributed by atoms with E-state index in [0.717, 1.165) is 0 Å². The minimum absolute atomic E-state index is 0.709. The molecule has 0 amide bonds. The monoisotopic (exact) mass is 452 g/mol. The number of hydrogen-bond donors (Lipinski definition) is 0. The number of hydrogen-bond acceptors (Lipinski definition) is 1. The van der Waals surface area contributed by atoms with Gasteiger partial charge < -0.3 is 0 Å². The van der Waals surface area contributed by atoms with Crippen molar-refractivity contribution >= 4 is 17.6 Å². The third-order valence-electron chi connectivity index (χ3n) is 7.05. The first-order valence-electron chi connectivity index (χ1n) is 14.8. The lowest BCUT2D eigenvalue weighted by Gasteiger charge is -2.11. The Labute approximate surface area is 204 Å². The van der Waals surface area contributed by atoms with Crippen LogP contribution in [0.5, 0.6) is 0 Å². The summed E-state index contributed by atoms with van der Waals surface area (Å²) in [6.45, 7) is 4.60. The van der Waals surface area contributed by atoms with E-state index in [2.05, 4.69) is 19.2 Å². The Morgan fingerprint density at radius 3 is 0.839 bits per heavy atom. The summed E-state index contributed by atoms with van der Waals surface area (Å²) in [6, 6.07) is 0. The molecule has 0 N–H and O–H groups in total. The van der Waals surface area contributed by atoms with Gasteiger partial charge in [0.05, 0.1) is 0 Å². The molecule has 0 atom stereocenters. The molecule has 0 nitrogen and oxygen atoms in total. The minimum Gasteiger partial charge on any atom is -0.0932 e. The van der Waals surface area contributed by atoms with E-state index in [4.69, 9.17) is 12.2 Å². The Balaban J connectivity index is 3.27. The summed E-state index contributed by atoms with van der Waals surface area (Å²) < 4.78 is 0. The van der Waals surface area contributed by atoms with Crippen molar-refractivity contribution in [1.82, 2.24) is 0 Å². The Morgan fingerprint density at radius 2 is 0.613 bits per heavy atom. The molecule has 186 valence electrons. The fraction of sp³-hybridized carbons (Fsp3) is 0.967. The van der Waals surface area contributed by atoms with E-state index in [0.29, 0.717) is 5.92 Å². The van der Waals surface area contributed by atoms with Crippen molar-refractivity contribution in [3.8, 4) is 0 Å². The molecule has 0 bridgehead atoms. The number of thiocarbonyl (C=S) groups is 1. The van der Waals surface area contributed by atoms with Gasteiger partial charge >= 0.3 is 0 Å². The lowest BCUT2D eigenvalue weighted by Crippen LogP contribution is -2.01. The third kappa shape index (κ3) is 26.2. The molecule has 0 aliphatic heterocycles. The van der Waals surface area contributed by atoms with Crippen LogP contribution in [0.25, 0.3) is 0 Å². The molecule has 0 rings (SSSR count). The Bertz CT molecular complexity index is 296. The van der Waals surface area contributed by atoms with E-state index in [1.807, 2.05) is 0 Å². The Hall–Kier alpha value is 0.0900. The molecule has 0 aromatic carbocycles. The summed E-state index contributed by atoms with van der Waals surface area (Å²) in [5.74, 6) is 0.709. The first-order valence-corrected chi connectivity index (χ1v) is 15.3. The van der Waals surface area contributed by atoms with Crippen LogP contribution in [-0.4, -0.2) is 5.37 Å². The van der Waals surface area contributed by atoms with E-state index in [1.54, 1.807) is 0 Å². The fourth-order valence-electron chi connectivity index (χ4n) is 4.78. The molecule has 0 saturated heterocycles. The molecule has 0 aromatic rings. The molecular weight excluding hydrogens is 392 g/mol. The smallest absolute Gasteiger partial charge is 0.0128 e. The summed E-state index contributed by atoms with van der Waals surface area (Å²) in [7, 11) is 0. The van der Waals surface area contributed by atoms with Crippen LogP contribution >= 0.6 is 12.2 Å². The molecule has 1 heteroatoms. The van der Waals surface area contributed by atoms with Gasteiger partial charge in [0.15, 0.2) is 0 Å². The maximum atomic E-state index is 5.32. The first-order chi connectivity index (χ1) is 15.3. The minimum atomic E-state index is 0.709. The van der Waals surface area contributed by atoms with Crippen LogP contribution in [0.15, 0.2) is 0 Å². The van der Waals surface area contributed by atoms with Crippen LogP contribution in [0.2, 0.25) is 0 Å². The highest BCUT2D eigenvalue weighted by atomic mass is 32.1. The quantitative estimate of drug-likeness (QED) is 0.0881. The van der Waals surface area contributed by atoms with Crippen LogP contribution in [-0.2, 0) is 0 Å². The average Bonchev–Trinajstić information content (AvgIpc) is 2.79. The van der Waals surface area contributed by atoms with Gasteiger partial charge in [-0.2, -0.15) is 0 Å². The van der Waals surface area contributed by atoms with Gasteiger partial charge in [-0.15, -0.1) is 0 Å².